The second kappa shape index (κ2) is 8.51. The van der Waals surface area contributed by atoms with Gasteiger partial charge in [0.15, 0.2) is 0 Å². The number of methoxy groups -OCH3 is 1. The third kappa shape index (κ3) is 5.38. The lowest BCUT2D eigenvalue weighted by Crippen LogP contribution is -2.25. The summed E-state index contributed by atoms with van der Waals surface area (Å²) in [5.74, 6) is 0.892. The first kappa shape index (κ1) is 15.5. The largest absolute Gasteiger partial charge is 0.496 e. The molecule has 0 aliphatic rings. The summed E-state index contributed by atoms with van der Waals surface area (Å²) in [6, 6.07) is 6.09. The van der Waals surface area contributed by atoms with E-state index in [0.29, 0.717) is 0 Å². The van der Waals surface area contributed by atoms with Gasteiger partial charge in [-0.1, -0.05) is 22.9 Å². The van der Waals surface area contributed by atoms with E-state index in [1.165, 1.54) is 0 Å². The molecule has 0 aliphatic heterocycles. The lowest BCUT2D eigenvalue weighted by Gasteiger charge is -2.14. The van der Waals surface area contributed by atoms with Gasteiger partial charge in [-0.05, 0) is 43.0 Å². The van der Waals surface area contributed by atoms with Gasteiger partial charge in [0.25, 0.3) is 0 Å². The van der Waals surface area contributed by atoms with Gasteiger partial charge in [-0.15, -0.1) is 0 Å². The Morgan fingerprint density at radius 1 is 1.33 bits per heavy atom. The van der Waals surface area contributed by atoms with E-state index in [1.807, 2.05) is 12.1 Å². The molecule has 0 heterocycles. The third-order valence-corrected chi connectivity index (χ3v) is 3.20. The van der Waals surface area contributed by atoms with Crippen molar-refractivity contribution >= 4 is 15.9 Å². The van der Waals surface area contributed by atoms with Crippen molar-refractivity contribution in [1.29, 1.82) is 0 Å². The van der Waals surface area contributed by atoms with Crippen LogP contribution in [0.4, 0.5) is 0 Å². The van der Waals surface area contributed by atoms with Crippen molar-refractivity contribution in [3.8, 4) is 5.75 Å². The minimum Gasteiger partial charge on any atom is -0.496 e. The normalized spacial score (nSPS) is 12.4. The number of ether oxygens (including phenoxy) is 2. The molecule has 0 aliphatic carbocycles. The van der Waals surface area contributed by atoms with E-state index in [1.54, 1.807) is 7.11 Å². The summed E-state index contributed by atoms with van der Waals surface area (Å²) in [5.41, 5.74) is 7.24. The molecule has 102 valence electrons. The Morgan fingerprint density at radius 2 is 2.11 bits per heavy atom. The average molecular weight is 316 g/mol. The van der Waals surface area contributed by atoms with Crippen molar-refractivity contribution in [2.75, 3.05) is 20.3 Å². The Hall–Kier alpha value is -0.580. The van der Waals surface area contributed by atoms with E-state index in [4.69, 9.17) is 15.2 Å². The second-order valence-electron chi connectivity index (χ2n) is 4.32. The molecular weight excluding hydrogens is 294 g/mol. The van der Waals surface area contributed by atoms with Gasteiger partial charge in [0.2, 0.25) is 0 Å². The van der Waals surface area contributed by atoms with Crippen molar-refractivity contribution < 1.29 is 9.47 Å². The van der Waals surface area contributed by atoms with Crippen molar-refractivity contribution in [2.24, 2.45) is 5.73 Å². The van der Waals surface area contributed by atoms with Gasteiger partial charge in [-0.25, -0.2) is 0 Å². The fraction of sp³-hybridized carbons (Fsp3) is 0.571. The molecule has 1 aromatic rings. The van der Waals surface area contributed by atoms with Crippen molar-refractivity contribution in [3.63, 3.8) is 0 Å². The highest BCUT2D eigenvalue weighted by atomic mass is 79.9. The topological polar surface area (TPSA) is 44.5 Å². The first-order valence-corrected chi connectivity index (χ1v) is 7.12. The fourth-order valence-electron chi connectivity index (χ4n) is 1.77. The molecule has 18 heavy (non-hydrogen) atoms. The van der Waals surface area contributed by atoms with E-state index in [-0.39, 0.29) is 6.04 Å². The van der Waals surface area contributed by atoms with Gasteiger partial charge in [0.1, 0.15) is 5.75 Å². The Balaban J connectivity index is 2.47. The summed E-state index contributed by atoms with van der Waals surface area (Å²) in [4.78, 5) is 0. The van der Waals surface area contributed by atoms with E-state index in [9.17, 15) is 0 Å². The van der Waals surface area contributed by atoms with Crippen LogP contribution in [-0.4, -0.2) is 26.4 Å². The van der Waals surface area contributed by atoms with Gasteiger partial charge in [-0.3, -0.25) is 0 Å². The minimum atomic E-state index is 0.102. The standard InChI is InChI=1S/C14H22BrNO2/c1-3-7-18-8-6-13(16)10-11-9-12(15)4-5-14(11)17-2/h4-5,9,13H,3,6-8,10,16H2,1-2H3. The summed E-state index contributed by atoms with van der Waals surface area (Å²) in [6.07, 6.45) is 2.72. The summed E-state index contributed by atoms with van der Waals surface area (Å²) in [5, 5.41) is 0. The number of rotatable bonds is 8. The predicted octanol–water partition coefficient (Wildman–Crippen LogP) is 3.14. The zero-order chi connectivity index (χ0) is 13.4. The monoisotopic (exact) mass is 315 g/mol. The quantitative estimate of drug-likeness (QED) is 0.749. The van der Waals surface area contributed by atoms with Crippen molar-refractivity contribution in [1.82, 2.24) is 0 Å². The fourth-order valence-corrected chi connectivity index (χ4v) is 2.18. The lowest BCUT2D eigenvalue weighted by molar-refractivity contribution is 0.127. The summed E-state index contributed by atoms with van der Waals surface area (Å²) < 4.78 is 11.8. The van der Waals surface area contributed by atoms with E-state index >= 15 is 0 Å². The summed E-state index contributed by atoms with van der Waals surface area (Å²) in [6.45, 7) is 3.64. The van der Waals surface area contributed by atoms with Crippen molar-refractivity contribution in [3.05, 3.63) is 28.2 Å². The summed E-state index contributed by atoms with van der Waals surface area (Å²) >= 11 is 3.47. The molecule has 0 fully saturated rings. The van der Waals surface area contributed by atoms with Gasteiger partial charge in [0.05, 0.1) is 7.11 Å². The van der Waals surface area contributed by atoms with Crippen LogP contribution < -0.4 is 10.5 Å². The smallest absolute Gasteiger partial charge is 0.122 e. The highest BCUT2D eigenvalue weighted by Gasteiger charge is 2.09. The SMILES string of the molecule is CCCOCCC(N)Cc1cc(Br)ccc1OC. The first-order valence-electron chi connectivity index (χ1n) is 6.33. The molecule has 1 rings (SSSR count). The molecule has 0 amide bonds. The van der Waals surface area contributed by atoms with E-state index in [0.717, 1.165) is 48.3 Å². The summed E-state index contributed by atoms with van der Waals surface area (Å²) in [7, 11) is 1.68. The Kier molecular flexibility index (Phi) is 7.32. The molecule has 1 aromatic carbocycles. The molecule has 0 radical (unpaired) electrons. The average Bonchev–Trinajstić information content (AvgIpc) is 2.35. The molecule has 0 bridgehead atoms. The number of nitrogens with two attached hydrogens (primary N) is 1. The number of halogens is 1. The molecule has 0 saturated heterocycles. The van der Waals surface area contributed by atoms with Gasteiger partial charge < -0.3 is 15.2 Å². The third-order valence-electron chi connectivity index (χ3n) is 2.71. The highest BCUT2D eigenvalue weighted by Crippen LogP contribution is 2.24. The van der Waals surface area contributed by atoms with Crippen LogP contribution in [0.5, 0.6) is 5.75 Å². The Bertz CT molecular complexity index is 358. The zero-order valence-electron chi connectivity index (χ0n) is 11.1. The molecule has 1 atom stereocenters. The highest BCUT2D eigenvalue weighted by molar-refractivity contribution is 9.10. The maximum Gasteiger partial charge on any atom is 0.122 e. The predicted molar refractivity (Wildman–Crippen MR) is 78.1 cm³/mol. The Labute approximate surface area is 118 Å². The maximum atomic E-state index is 6.11. The molecule has 1 unspecified atom stereocenters. The van der Waals surface area contributed by atoms with E-state index in [2.05, 4.69) is 28.9 Å². The zero-order valence-corrected chi connectivity index (χ0v) is 12.7. The van der Waals surface area contributed by atoms with Crippen LogP contribution in [0.3, 0.4) is 0 Å². The van der Waals surface area contributed by atoms with Crippen LogP contribution in [0.25, 0.3) is 0 Å². The molecule has 0 aromatic heterocycles. The molecule has 2 N–H and O–H groups in total. The lowest BCUT2D eigenvalue weighted by atomic mass is 10.0. The minimum absolute atomic E-state index is 0.102. The van der Waals surface area contributed by atoms with Crippen LogP contribution in [0.2, 0.25) is 0 Å². The van der Waals surface area contributed by atoms with Gasteiger partial charge >= 0.3 is 0 Å². The molecule has 4 heteroatoms. The first-order chi connectivity index (χ1) is 8.67. The van der Waals surface area contributed by atoms with Crippen molar-refractivity contribution in [2.45, 2.75) is 32.2 Å². The van der Waals surface area contributed by atoms with Crippen LogP contribution in [0, 0.1) is 0 Å². The molecule has 0 saturated carbocycles. The second-order valence-corrected chi connectivity index (χ2v) is 5.24. The number of hydrogen-bond donors (Lipinski definition) is 1. The van der Waals surface area contributed by atoms with E-state index < -0.39 is 0 Å². The van der Waals surface area contributed by atoms with Crippen LogP contribution in [-0.2, 0) is 11.2 Å². The van der Waals surface area contributed by atoms with Crippen LogP contribution in [0.15, 0.2) is 22.7 Å². The molecule has 0 spiro atoms. The van der Waals surface area contributed by atoms with Gasteiger partial charge in [0, 0.05) is 23.7 Å². The Morgan fingerprint density at radius 3 is 2.78 bits per heavy atom. The van der Waals surface area contributed by atoms with Gasteiger partial charge in [-0.2, -0.15) is 0 Å². The number of hydrogen-bond acceptors (Lipinski definition) is 3. The number of benzene rings is 1. The van der Waals surface area contributed by atoms with Crippen LogP contribution >= 0.6 is 15.9 Å². The molecular formula is C14H22BrNO2. The maximum absolute atomic E-state index is 6.11. The molecule has 3 nitrogen and oxygen atoms in total. The van der Waals surface area contributed by atoms with Crippen LogP contribution in [0.1, 0.15) is 25.3 Å².